The lowest BCUT2D eigenvalue weighted by atomic mass is 10.1. The molecule has 0 fully saturated rings. The van der Waals surface area contributed by atoms with Crippen molar-refractivity contribution < 1.29 is 9.53 Å². The van der Waals surface area contributed by atoms with Crippen molar-refractivity contribution in [1.29, 1.82) is 0 Å². The maximum absolute atomic E-state index is 11.9. The van der Waals surface area contributed by atoms with E-state index in [0.717, 1.165) is 24.3 Å². The van der Waals surface area contributed by atoms with Gasteiger partial charge in [-0.1, -0.05) is 29.3 Å². The summed E-state index contributed by atoms with van der Waals surface area (Å²) in [6.45, 7) is 1.68. The van der Waals surface area contributed by atoms with Crippen LogP contribution in [0.3, 0.4) is 0 Å². The number of aromatic nitrogens is 1. The molecule has 7 heteroatoms. The predicted octanol–water partition coefficient (Wildman–Crippen LogP) is 3.56. The van der Waals surface area contributed by atoms with Gasteiger partial charge in [0.15, 0.2) is 0 Å². The second-order valence-corrected chi connectivity index (χ2v) is 6.34. The van der Waals surface area contributed by atoms with E-state index in [0.29, 0.717) is 29.0 Å². The van der Waals surface area contributed by atoms with Gasteiger partial charge in [0.25, 0.3) is 0 Å². The minimum Gasteiger partial charge on any atom is -0.493 e. The monoisotopic (exact) mass is 377 g/mol. The van der Waals surface area contributed by atoms with Crippen molar-refractivity contribution in [3.05, 3.63) is 57.7 Å². The maximum Gasteiger partial charge on any atom is 0.244 e. The summed E-state index contributed by atoms with van der Waals surface area (Å²) in [7, 11) is 0. The van der Waals surface area contributed by atoms with E-state index in [9.17, 15) is 4.79 Å². The molecule has 1 aliphatic rings. The quantitative estimate of drug-likeness (QED) is 0.596. The number of nitrogens with one attached hydrogen (secondary N) is 2. The first-order valence-electron chi connectivity index (χ1n) is 7.88. The van der Waals surface area contributed by atoms with Crippen LogP contribution in [-0.2, 0) is 11.2 Å². The number of benzene rings is 1. The summed E-state index contributed by atoms with van der Waals surface area (Å²) >= 11 is 11.8. The third kappa shape index (κ3) is 4.87. The highest BCUT2D eigenvalue weighted by Gasteiger charge is 2.11. The van der Waals surface area contributed by atoms with Crippen molar-refractivity contribution in [1.82, 2.24) is 10.3 Å². The lowest BCUT2D eigenvalue weighted by Crippen LogP contribution is -2.27. The highest BCUT2D eigenvalue weighted by atomic mass is 35.5. The van der Waals surface area contributed by atoms with E-state index in [1.54, 1.807) is 12.1 Å². The Morgan fingerprint density at radius 1 is 1.28 bits per heavy atom. The van der Waals surface area contributed by atoms with Crippen molar-refractivity contribution in [2.75, 3.05) is 25.0 Å². The van der Waals surface area contributed by atoms with Crippen molar-refractivity contribution in [3.63, 3.8) is 0 Å². The Morgan fingerprint density at radius 3 is 3.00 bits per heavy atom. The highest BCUT2D eigenvalue weighted by molar-refractivity contribution is 6.35. The topological polar surface area (TPSA) is 63.2 Å². The van der Waals surface area contributed by atoms with Crippen LogP contribution in [-0.4, -0.2) is 30.6 Å². The molecule has 1 aliphatic heterocycles. The number of ether oxygens (including phenoxy) is 1. The second kappa shape index (κ2) is 8.23. The molecule has 0 aliphatic carbocycles. The minimum atomic E-state index is -0.159. The average molecular weight is 378 g/mol. The largest absolute Gasteiger partial charge is 0.493 e. The lowest BCUT2D eigenvalue weighted by Gasteiger charge is -2.07. The first-order valence-corrected chi connectivity index (χ1v) is 8.64. The van der Waals surface area contributed by atoms with Crippen molar-refractivity contribution in [3.8, 4) is 5.75 Å². The van der Waals surface area contributed by atoms with Crippen LogP contribution in [0.4, 0.5) is 5.82 Å². The van der Waals surface area contributed by atoms with Crippen molar-refractivity contribution in [2.45, 2.75) is 6.42 Å². The molecule has 2 heterocycles. The first kappa shape index (κ1) is 17.6. The summed E-state index contributed by atoms with van der Waals surface area (Å²) < 4.78 is 5.46. The fourth-order valence-electron chi connectivity index (χ4n) is 2.45. The van der Waals surface area contributed by atoms with E-state index in [4.69, 9.17) is 27.9 Å². The molecule has 0 atom stereocenters. The van der Waals surface area contributed by atoms with Crippen LogP contribution in [0.1, 0.15) is 11.1 Å². The van der Waals surface area contributed by atoms with Gasteiger partial charge in [0.05, 0.1) is 16.7 Å². The molecule has 1 aromatic heterocycles. The van der Waals surface area contributed by atoms with Crippen LogP contribution in [0.25, 0.3) is 6.08 Å². The predicted molar refractivity (Wildman–Crippen MR) is 100 cm³/mol. The van der Waals surface area contributed by atoms with E-state index in [1.807, 2.05) is 18.2 Å². The van der Waals surface area contributed by atoms with Crippen LogP contribution in [0, 0.1) is 0 Å². The zero-order valence-corrected chi connectivity index (χ0v) is 14.9. The lowest BCUT2D eigenvalue weighted by molar-refractivity contribution is -0.116. The Kier molecular flexibility index (Phi) is 5.79. The van der Waals surface area contributed by atoms with Gasteiger partial charge in [-0.25, -0.2) is 4.98 Å². The molecule has 2 aromatic rings. The first-order chi connectivity index (χ1) is 12.1. The molecule has 0 spiro atoms. The van der Waals surface area contributed by atoms with Gasteiger partial charge in [-0.2, -0.15) is 0 Å². The zero-order valence-electron chi connectivity index (χ0n) is 13.4. The number of rotatable bonds is 6. The number of fused-ring (bicyclic) bond motifs is 1. The summed E-state index contributed by atoms with van der Waals surface area (Å²) in [5.74, 6) is 1.31. The SMILES string of the molecule is O=C(/C=C/c1ccc2c(c1)CCO2)NCCNc1ncc(Cl)cc1Cl. The van der Waals surface area contributed by atoms with Gasteiger partial charge in [0.1, 0.15) is 11.6 Å². The fourth-order valence-corrected chi connectivity index (χ4v) is 2.90. The Balaban J connectivity index is 1.43. The second-order valence-electron chi connectivity index (χ2n) is 5.50. The van der Waals surface area contributed by atoms with E-state index in [2.05, 4.69) is 15.6 Å². The molecule has 130 valence electrons. The Labute approximate surface area is 156 Å². The fraction of sp³-hybridized carbons (Fsp3) is 0.222. The molecule has 2 N–H and O–H groups in total. The molecule has 1 amide bonds. The molecular weight excluding hydrogens is 361 g/mol. The van der Waals surface area contributed by atoms with Crippen LogP contribution in [0.5, 0.6) is 5.75 Å². The standard InChI is InChI=1S/C18H17Cl2N3O2/c19-14-10-15(20)18(23-11-14)22-7-6-21-17(24)4-2-12-1-3-16-13(9-12)5-8-25-16/h1-4,9-11H,5-8H2,(H,21,24)(H,22,23)/b4-2+. The Bertz CT molecular complexity index is 809. The normalized spacial score (nSPS) is 12.7. The zero-order chi connectivity index (χ0) is 17.6. The Morgan fingerprint density at radius 2 is 2.16 bits per heavy atom. The average Bonchev–Trinajstić information content (AvgIpc) is 3.06. The molecule has 0 saturated heterocycles. The van der Waals surface area contributed by atoms with Crippen molar-refractivity contribution in [2.24, 2.45) is 0 Å². The van der Waals surface area contributed by atoms with Gasteiger partial charge in [-0.05, 0) is 35.4 Å². The van der Waals surface area contributed by atoms with E-state index in [1.165, 1.54) is 17.8 Å². The van der Waals surface area contributed by atoms with Gasteiger partial charge in [-0.15, -0.1) is 0 Å². The summed E-state index contributed by atoms with van der Waals surface area (Å²) in [6.07, 6.45) is 5.74. The van der Waals surface area contributed by atoms with Crippen LogP contribution >= 0.6 is 23.2 Å². The van der Waals surface area contributed by atoms with E-state index < -0.39 is 0 Å². The molecule has 0 unspecified atom stereocenters. The number of hydrogen-bond donors (Lipinski definition) is 2. The summed E-state index contributed by atoms with van der Waals surface area (Å²) in [6, 6.07) is 7.53. The van der Waals surface area contributed by atoms with Crippen LogP contribution in [0.2, 0.25) is 10.0 Å². The molecule has 5 nitrogen and oxygen atoms in total. The molecule has 1 aromatic carbocycles. The molecule has 25 heavy (non-hydrogen) atoms. The van der Waals surface area contributed by atoms with Gasteiger partial charge in [-0.3, -0.25) is 4.79 Å². The number of halogens is 2. The highest BCUT2D eigenvalue weighted by Crippen LogP contribution is 2.26. The molecule has 0 bridgehead atoms. The number of nitrogens with zero attached hydrogens (tertiary/aromatic N) is 1. The van der Waals surface area contributed by atoms with Crippen LogP contribution < -0.4 is 15.4 Å². The number of hydrogen-bond acceptors (Lipinski definition) is 4. The van der Waals surface area contributed by atoms with Gasteiger partial charge in [0, 0.05) is 31.8 Å². The molecule has 0 saturated carbocycles. The minimum absolute atomic E-state index is 0.159. The number of carbonyl (C=O) groups is 1. The maximum atomic E-state index is 11.9. The van der Waals surface area contributed by atoms with Gasteiger partial charge < -0.3 is 15.4 Å². The third-order valence-corrected chi connectivity index (χ3v) is 4.16. The van der Waals surface area contributed by atoms with Gasteiger partial charge in [0.2, 0.25) is 5.91 Å². The van der Waals surface area contributed by atoms with Crippen LogP contribution in [0.15, 0.2) is 36.5 Å². The summed E-state index contributed by atoms with van der Waals surface area (Å²) in [5, 5.41) is 6.76. The Hall–Kier alpha value is -2.24. The van der Waals surface area contributed by atoms with E-state index in [-0.39, 0.29) is 5.91 Å². The van der Waals surface area contributed by atoms with Crippen molar-refractivity contribution >= 4 is 41.0 Å². The smallest absolute Gasteiger partial charge is 0.244 e. The molecular formula is C18H17Cl2N3O2. The number of pyridine rings is 1. The van der Waals surface area contributed by atoms with E-state index >= 15 is 0 Å². The number of amides is 1. The van der Waals surface area contributed by atoms with Gasteiger partial charge >= 0.3 is 0 Å². The number of carbonyl (C=O) groups excluding carboxylic acids is 1. The molecule has 0 radical (unpaired) electrons. The summed E-state index contributed by atoms with van der Waals surface area (Å²) in [5.41, 5.74) is 2.16. The number of anilines is 1. The molecule has 3 rings (SSSR count). The summed E-state index contributed by atoms with van der Waals surface area (Å²) in [4.78, 5) is 16.0. The third-order valence-electron chi connectivity index (χ3n) is 3.67.